The Kier molecular flexibility index (Phi) is 4.60. The lowest BCUT2D eigenvalue weighted by molar-refractivity contribution is -0.133. The van der Waals surface area contributed by atoms with Crippen LogP contribution in [0.3, 0.4) is 0 Å². The topological polar surface area (TPSA) is 45.3 Å². The van der Waals surface area contributed by atoms with E-state index in [0.717, 1.165) is 37.2 Å². The fourth-order valence-electron chi connectivity index (χ4n) is 3.40. The number of methoxy groups -OCH3 is 1. The number of ether oxygens (including phenoxy) is 1. The molecule has 1 fully saturated rings. The highest BCUT2D eigenvalue weighted by atomic mass is 16.5. The van der Waals surface area contributed by atoms with Crippen LogP contribution in [-0.2, 0) is 4.79 Å². The number of fused-ring (bicyclic) bond motifs is 1. The summed E-state index contributed by atoms with van der Waals surface area (Å²) < 4.78 is 5.29. The lowest BCUT2D eigenvalue weighted by atomic mass is 9.93. The number of piperidine rings is 1. The van der Waals surface area contributed by atoms with Crippen LogP contribution in [0.4, 0.5) is 0 Å². The molecule has 0 saturated carbocycles. The summed E-state index contributed by atoms with van der Waals surface area (Å²) in [6.07, 6.45) is 2.73. The number of likely N-dealkylation sites (tertiary alicyclic amines) is 1. The Morgan fingerprint density at radius 2 is 2.04 bits per heavy atom. The maximum Gasteiger partial charge on any atom is 0.222 e. The molecule has 2 aromatic rings. The first-order valence-electron chi connectivity index (χ1n) is 8.51. The van der Waals surface area contributed by atoms with Gasteiger partial charge in [-0.3, -0.25) is 4.79 Å². The minimum Gasteiger partial charge on any atom is -0.497 e. The first-order chi connectivity index (χ1) is 11.1. The van der Waals surface area contributed by atoms with E-state index in [-0.39, 0.29) is 0 Å². The quantitative estimate of drug-likeness (QED) is 0.929. The third-order valence-corrected chi connectivity index (χ3v) is 4.72. The minimum atomic E-state index is 0.305. The van der Waals surface area contributed by atoms with Gasteiger partial charge in [-0.2, -0.15) is 0 Å². The maximum absolute atomic E-state index is 12.2. The number of rotatable bonds is 4. The molecule has 4 heteroatoms. The van der Waals surface area contributed by atoms with Gasteiger partial charge in [0, 0.05) is 42.0 Å². The number of carbonyl (C=O) groups is 1. The van der Waals surface area contributed by atoms with Crippen molar-refractivity contribution in [3.63, 3.8) is 0 Å². The molecule has 0 radical (unpaired) electrons. The highest BCUT2D eigenvalue weighted by Crippen LogP contribution is 2.31. The van der Waals surface area contributed by atoms with E-state index in [1.54, 1.807) is 7.11 Å². The van der Waals surface area contributed by atoms with Gasteiger partial charge < -0.3 is 14.6 Å². The van der Waals surface area contributed by atoms with E-state index in [1.807, 2.05) is 11.0 Å². The highest BCUT2D eigenvalue weighted by molar-refractivity contribution is 5.82. The van der Waals surface area contributed by atoms with E-state index in [1.165, 1.54) is 11.1 Å². The molecule has 0 unspecified atom stereocenters. The molecule has 23 heavy (non-hydrogen) atoms. The van der Waals surface area contributed by atoms with Crippen molar-refractivity contribution in [1.82, 2.24) is 9.88 Å². The molecule has 1 aliphatic heterocycles. The van der Waals surface area contributed by atoms with E-state index < -0.39 is 0 Å². The van der Waals surface area contributed by atoms with Gasteiger partial charge in [-0.1, -0.05) is 13.8 Å². The Morgan fingerprint density at radius 1 is 1.30 bits per heavy atom. The van der Waals surface area contributed by atoms with Crippen LogP contribution in [-0.4, -0.2) is 36.0 Å². The molecule has 1 aromatic heterocycles. The molecule has 1 amide bonds. The molecule has 4 nitrogen and oxygen atoms in total. The molecule has 1 saturated heterocycles. The van der Waals surface area contributed by atoms with Gasteiger partial charge >= 0.3 is 0 Å². The van der Waals surface area contributed by atoms with Gasteiger partial charge in [-0.25, -0.2) is 0 Å². The number of hydrogen-bond acceptors (Lipinski definition) is 2. The molecule has 0 atom stereocenters. The third-order valence-electron chi connectivity index (χ3n) is 4.72. The average Bonchev–Trinajstić information content (AvgIpc) is 2.97. The summed E-state index contributed by atoms with van der Waals surface area (Å²) in [5.74, 6) is 2.14. The number of aromatic nitrogens is 1. The maximum atomic E-state index is 12.2. The van der Waals surface area contributed by atoms with E-state index >= 15 is 0 Å². The van der Waals surface area contributed by atoms with Gasteiger partial charge in [0.1, 0.15) is 5.75 Å². The standard InChI is InChI=1S/C19H26N2O2/c1-13(2)10-19(22)21-8-6-14(7-9-21)18-12-15-11-16(23-3)4-5-17(15)20-18/h4-5,11-14,20H,6-10H2,1-3H3. The zero-order valence-corrected chi connectivity index (χ0v) is 14.3. The van der Waals surface area contributed by atoms with Crippen molar-refractivity contribution in [2.75, 3.05) is 20.2 Å². The molecular weight excluding hydrogens is 288 g/mol. The largest absolute Gasteiger partial charge is 0.497 e. The van der Waals surface area contributed by atoms with Crippen molar-refractivity contribution < 1.29 is 9.53 Å². The Labute approximate surface area is 137 Å². The van der Waals surface area contributed by atoms with Crippen molar-refractivity contribution in [1.29, 1.82) is 0 Å². The second-order valence-corrected chi connectivity index (χ2v) is 6.93. The van der Waals surface area contributed by atoms with Crippen molar-refractivity contribution in [3.05, 3.63) is 30.0 Å². The average molecular weight is 314 g/mol. The van der Waals surface area contributed by atoms with Crippen molar-refractivity contribution in [2.45, 2.75) is 39.0 Å². The fraction of sp³-hybridized carbons (Fsp3) is 0.526. The molecule has 1 aliphatic rings. The second-order valence-electron chi connectivity index (χ2n) is 6.93. The molecule has 2 heterocycles. The van der Waals surface area contributed by atoms with Crippen LogP contribution in [0.25, 0.3) is 10.9 Å². The Hall–Kier alpha value is -1.97. The van der Waals surface area contributed by atoms with Gasteiger partial charge in [-0.15, -0.1) is 0 Å². The number of nitrogens with zero attached hydrogens (tertiary/aromatic N) is 1. The zero-order valence-electron chi connectivity index (χ0n) is 14.3. The van der Waals surface area contributed by atoms with Gasteiger partial charge in [0.15, 0.2) is 0 Å². The monoisotopic (exact) mass is 314 g/mol. The Morgan fingerprint density at radius 3 is 2.70 bits per heavy atom. The van der Waals surface area contributed by atoms with Crippen LogP contribution in [0.15, 0.2) is 24.3 Å². The number of amides is 1. The van der Waals surface area contributed by atoms with Crippen LogP contribution in [0.5, 0.6) is 5.75 Å². The first kappa shape index (κ1) is 15.9. The van der Waals surface area contributed by atoms with Crippen LogP contribution in [0.1, 0.15) is 44.7 Å². The van der Waals surface area contributed by atoms with Crippen LogP contribution in [0, 0.1) is 5.92 Å². The van der Waals surface area contributed by atoms with E-state index in [9.17, 15) is 4.79 Å². The summed E-state index contributed by atoms with van der Waals surface area (Å²) in [4.78, 5) is 17.7. The van der Waals surface area contributed by atoms with Gasteiger partial charge in [0.05, 0.1) is 7.11 Å². The smallest absolute Gasteiger partial charge is 0.222 e. The van der Waals surface area contributed by atoms with E-state index in [0.29, 0.717) is 24.2 Å². The van der Waals surface area contributed by atoms with Gasteiger partial charge in [0.25, 0.3) is 0 Å². The Balaban J connectivity index is 1.66. The molecule has 3 rings (SSSR count). The summed E-state index contributed by atoms with van der Waals surface area (Å²) in [5.41, 5.74) is 2.43. The summed E-state index contributed by atoms with van der Waals surface area (Å²) >= 11 is 0. The predicted molar refractivity (Wildman–Crippen MR) is 92.9 cm³/mol. The van der Waals surface area contributed by atoms with Crippen LogP contribution < -0.4 is 4.74 Å². The summed E-state index contributed by atoms with van der Waals surface area (Å²) in [6, 6.07) is 8.35. The molecule has 124 valence electrons. The number of hydrogen-bond donors (Lipinski definition) is 1. The third kappa shape index (κ3) is 3.52. The van der Waals surface area contributed by atoms with Crippen LogP contribution >= 0.6 is 0 Å². The minimum absolute atomic E-state index is 0.305. The SMILES string of the molecule is COc1ccc2[nH]c(C3CCN(C(=O)CC(C)C)CC3)cc2c1. The molecular formula is C19H26N2O2. The molecule has 0 bridgehead atoms. The molecule has 0 aliphatic carbocycles. The van der Waals surface area contributed by atoms with Crippen LogP contribution in [0.2, 0.25) is 0 Å². The summed E-state index contributed by atoms with van der Waals surface area (Å²) in [5, 5.41) is 1.19. The summed E-state index contributed by atoms with van der Waals surface area (Å²) in [7, 11) is 1.69. The number of nitrogens with one attached hydrogen (secondary N) is 1. The van der Waals surface area contributed by atoms with E-state index in [4.69, 9.17) is 4.74 Å². The highest BCUT2D eigenvalue weighted by Gasteiger charge is 2.25. The molecule has 0 spiro atoms. The lowest BCUT2D eigenvalue weighted by Crippen LogP contribution is -2.38. The number of H-pyrrole nitrogens is 1. The molecule has 1 N–H and O–H groups in total. The number of aromatic amines is 1. The first-order valence-corrected chi connectivity index (χ1v) is 8.51. The van der Waals surface area contributed by atoms with Crippen molar-refractivity contribution in [3.8, 4) is 5.75 Å². The number of benzene rings is 1. The summed E-state index contributed by atoms with van der Waals surface area (Å²) in [6.45, 7) is 5.94. The second kappa shape index (κ2) is 6.65. The fourth-order valence-corrected chi connectivity index (χ4v) is 3.40. The Bertz CT molecular complexity index is 682. The lowest BCUT2D eigenvalue weighted by Gasteiger charge is -2.32. The van der Waals surface area contributed by atoms with Gasteiger partial charge in [-0.05, 0) is 43.0 Å². The zero-order chi connectivity index (χ0) is 16.4. The predicted octanol–water partition coefficient (Wildman–Crippen LogP) is 3.93. The van der Waals surface area contributed by atoms with Crippen molar-refractivity contribution >= 4 is 16.8 Å². The van der Waals surface area contributed by atoms with Gasteiger partial charge in [0.2, 0.25) is 5.91 Å². The number of carbonyl (C=O) groups excluding carboxylic acids is 1. The van der Waals surface area contributed by atoms with Crippen molar-refractivity contribution in [2.24, 2.45) is 5.92 Å². The van der Waals surface area contributed by atoms with E-state index in [2.05, 4.69) is 37.0 Å². The molecule has 1 aromatic carbocycles. The normalized spacial score (nSPS) is 16.3.